The molecule has 0 aliphatic heterocycles. The molecule has 86 valence electrons. The van der Waals surface area contributed by atoms with Crippen molar-refractivity contribution in [2.75, 3.05) is 6.54 Å². The van der Waals surface area contributed by atoms with E-state index in [4.69, 9.17) is 4.42 Å². The van der Waals surface area contributed by atoms with Crippen LogP contribution in [0.2, 0.25) is 0 Å². The molecule has 1 heterocycles. The molecule has 1 aromatic heterocycles. The van der Waals surface area contributed by atoms with Gasteiger partial charge in [-0.2, -0.15) is 0 Å². The molecule has 3 heteroatoms. The smallest absolute Gasteiger partial charge is 0.117 e. The van der Waals surface area contributed by atoms with Crippen molar-refractivity contribution in [3.05, 3.63) is 24.2 Å². The van der Waals surface area contributed by atoms with Gasteiger partial charge in [0.05, 0.1) is 12.8 Å². The molecule has 0 amide bonds. The molecule has 0 radical (unpaired) electrons. The third kappa shape index (κ3) is 4.27. The topological polar surface area (TPSA) is 25.2 Å². The third-order valence-corrected chi connectivity index (χ3v) is 3.04. The Morgan fingerprint density at radius 3 is 2.73 bits per heavy atom. The van der Waals surface area contributed by atoms with Crippen LogP contribution in [0.15, 0.2) is 22.8 Å². The van der Waals surface area contributed by atoms with Gasteiger partial charge in [-0.3, -0.25) is 0 Å². The molecule has 0 bridgehead atoms. The Labute approximate surface area is 97.8 Å². The molecule has 0 spiro atoms. The van der Waals surface area contributed by atoms with Crippen molar-refractivity contribution in [3.63, 3.8) is 0 Å². The van der Waals surface area contributed by atoms with Gasteiger partial charge < -0.3 is 9.73 Å². The minimum atomic E-state index is 0. The first-order valence-electron chi connectivity index (χ1n) is 5.68. The summed E-state index contributed by atoms with van der Waals surface area (Å²) in [5.74, 6) is 1.94. The van der Waals surface area contributed by atoms with E-state index >= 15 is 0 Å². The normalized spacial score (nSPS) is 17.3. The van der Waals surface area contributed by atoms with E-state index in [0.29, 0.717) is 0 Å². The Bertz CT molecular complexity index is 242. The minimum absolute atomic E-state index is 0. The quantitative estimate of drug-likeness (QED) is 0.857. The Kier molecular flexibility index (Phi) is 5.81. The summed E-state index contributed by atoms with van der Waals surface area (Å²) < 4.78 is 5.26. The molecule has 2 rings (SSSR count). The predicted octanol–water partition coefficient (Wildman–Crippen LogP) is 3.37. The van der Waals surface area contributed by atoms with Crippen LogP contribution in [0.25, 0.3) is 0 Å². The molecule has 0 saturated heterocycles. The van der Waals surface area contributed by atoms with E-state index < -0.39 is 0 Å². The first-order chi connectivity index (χ1) is 6.95. The molecule has 15 heavy (non-hydrogen) atoms. The number of hydrogen-bond acceptors (Lipinski definition) is 2. The second-order valence-corrected chi connectivity index (χ2v) is 4.21. The van der Waals surface area contributed by atoms with Crippen LogP contribution in [0.3, 0.4) is 0 Å². The summed E-state index contributed by atoms with van der Waals surface area (Å²) in [5.41, 5.74) is 0. The fourth-order valence-electron chi connectivity index (χ4n) is 2.20. The van der Waals surface area contributed by atoms with Crippen LogP contribution in [0.5, 0.6) is 0 Å². The maximum atomic E-state index is 5.26. The molecule has 1 N–H and O–H groups in total. The standard InChI is InChI=1S/C12H19NO.ClH/c1-2-5-11(6-3-1)9-13-10-12-7-4-8-14-12;/h4,7-8,11,13H,1-3,5-6,9-10H2;1H. The lowest BCUT2D eigenvalue weighted by Crippen LogP contribution is -2.23. The largest absolute Gasteiger partial charge is 0.468 e. The van der Waals surface area contributed by atoms with Crippen molar-refractivity contribution >= 4 is 12.4 Å². The highest BCUT2D eigenvalue weighted by atomic mass is 35.5. The van der Waals surface area contributed by atoms with Gasteiger partial charge in [-0.05, 0) is 37.4 Å². The molecule has 0 atom stereocenters. The van der Waals surface area contributed by atoms with E-state index in [9.17, 15) is 0 Å². The lowest BCUT2D eigenvalue weighted by atomic mass is 9.89. The second kappa shape index (κ2) is 6.91. The van der Waals surface area contributed by atoms with Crippen molar-refractivity contribution in [2.24, 2.45) is 5.92 Å². The van der Waals surface area contributed by atoms with Gasteiger partial charge >= 0.3 is 0 Å². The second-order valence-electron chi connectivity index (χ2n) is 4.21. The van der Waals surface area contributed by atoms with Crippen LogP contribution in [-0.2, 0) is 6.54 Å². The fourth-order valence-corrected chi connectivity index (χ4v) is 2.20. The number of furan rings is 1. The highest BCUT2D eigenvalue weighted by molar-refractivity contribution is 5.85. The molecule has 1 aromatic rings. The van der Waals surface area contributed by atoms with Crippen LogP contribution in [0.4, 0.5) is 0 Å². The summed E-state index contributed by atoms with van der Waals surface area (Å²) in [7, 11) is 0. The Morgan fingerprint density at radius 1 is 1.27 bits per heavy atom. The maximum absolute atomic E-state index is 5.26. The van der Waals surface area contributed by atoms with Gasteiger partial charge in [-0.1, -0.05) is 19.3 Å². The van der Waals surface area contributed by atoms with E-state index in [1.807, 2.05) is 12.1 Å². The van der Waals surface area contributed by atoms with Gasteiger partial charge in [0, 0.05) is 0 Å². The SMILES string of the molecule is Cl.c1coc(CNCC2CCCCC2)c1. The number of nitrogens with one attached hydrogen (secondary N) is 1. The number of hydrogen-bond donors (Lipinski definition) is 1. The van der Waals surface area contributed by atoms with Gasteiger partial charge in [0.1, 0.15) is 5.76 Å². The Hall–Kier alpha value is -0.470. The Balaban J connectivity index is 0.00000112. The van der Waals surface area contributed by atoms with Crippen molar-refractivity contribution in [3.8, 4) is 0 Å². The summed E-state index contributed by atoms with van der Waals surface area (Å²) >= 11 is 0. The molecule has 0 aromatic carbocycles. The van der Waals surface area contributed by atoms with Gasteiger partial charge in [-0.15, -0.1) is 12.4 Å². The summed E-state index contributed by atoms with van der Waals surface area (Å²) in [4.78, 5) is 0. The van der Waals surface area contributed by atoms with Crippen LogP contribution in [-0.4, -0.2) is 6.54 Å². The van der Waals surface area contributed by atoms with Crippen LogP contribution < -0.4 is 5.32 Å². The van der Waals surface area contributed by atoms with Crippen LogP contribution in [0.1, 0.15) is 37.9 Å². The van der Waals surface area contributed by atoms with Crippen molar-refractivity contribution in [1.29, 1.82) is 0 Å². The lowest BCUT2D eigenvalue weighted by Gasteiger charge is -2.21. The maximum Gasteiger partial charge on any atom is 0.117 e. The summed E-state index contributed by atoms with van der Waals surface area (Å²) in [6.45, 7) is 2.03. The van der Waals surface area contributed by atoms with Crippen molar-refractivity contribution in [1.82, 2.24) is 5.32 Å². The van der Waals surface area contributed by atoms with Crippen LogP contribution in [0, 0.1) is 5.92 Å². The molecule has 1 aliphatic carbocycles. The summed E-state index contributed by atoms with van der Waals surface area (Å²) in [5, 5.41) is 3.46. The number of halogens is 1. The molecular weight excluding hydrogens is 210 g/mol. The molecule has 1 saturated carbocycles. The average Bonchev–Trinajstić information content (AvgIpc) is 2.72. The highest BCUT2D eigenvalue weighted by Crippen LogP contribution is 2.22. The molecule has 2 nitrogen and oxygen atoms in total. The lowest BCUT2D eigenvalue weighted by molar-refractivity contribution is 0.336. The zero-order valence-corrected chi connectivity index (χ0v) is 9.89. The molecular formula is C12H20ClNO. The van der Waals surface area contributed by atoms with E-state index in [0.717, 1.165) is 24.8 Å². The Morgan fingerprint density at radius 2 is 2.07 bits per heavy atom. The van der Waals surface area contributed by atoms with Gasteiger partial charge in [0.2, 0.25) is 0 Å². The van der Waals surface area contributed by atoms with Crippen molar-refractivity contribution in [2.45, 2.75) is 38.6 Å². The molecule has 1 aliphatic rings. The monoisotopic (exact) mass is 229 g/mol. The van der Waals surface area contributed by atoms with E-state index in [1.54, 1.807) is 6.26 Å². The van der Waals surface area contributed by atoms with E-state index in [-0.39, 0.29) is 12.4 Å². The minimum Gasteiger partial charge on any atom is -0.468 e. The first kappa shape index (κ1) is 12.6. The summed E-state index contributed by atoms with van der Waals surface area (Å²) in [6, 6.07) is 3.96. The third-order valence-electron chi connectivity index (χ3n) is 3.04. The van der Waals surface area contributed by atoms with Gasteiger partial charge in [-0.25, -0.2) is 0 Å². The van der Waals surface area contributed by atoms with E-state index in [1.165, 1.54) is 32.1 Å². The fraction of sp³-hybridized carbons (Fsp3) is 0.667. The predicted molar refractivity (Wildman–Crippen MR) is 64.2 cm³/mol. The molecule has 0 unspecified atom stereocenters. The zero-order chi connectivity index (χ0) is 9.64. The zero-order valence-electron chi connectivity index (χ0n) is 9.08. The van der Waals surface area contributed by atoms with E-state index in [2.05, 4.69) is 5.32 Å². The van der Waals surface area contributed by atoms with Gasteiger partial charge in [0.25, 0.3) is 0 Å². The summed E-state index contributed by atoms with van der Waals surface area (Å²) in [6.07, 6.45) is 8.84. The van der Waals surface area contributed by atoms with Gasteiger partial charge in [0.15, 0.2) is 0 Å². The average molecular weight is 230 g/mol. The first-order valence-corrected chi connectivity index (χ1v) is 5.68. The van der Waals surface area contributed by atoms with Crippen LogP contribution >= 0.6 is 12.4 Å². The van der Waals surface area contributed by atoms with Crippen molar-refractivity contribution < 1.29 is 4.42 Å². The highest BCUT2D eigenvalue weighted by Gasteiger charge is 2.12. The molecule has 1 fully saturated rings. The number of rotatable bonds is 4.